The van der Waals surface area contributed by atoms with Crippen molar-refractivity contribution in [1.82, 2.24) is 15.0 Å². The number of benzene rings is 1. The van der Waals surface area contributed by atoms with Crippen molar-refractivity contribution in [3.05, 3.63) is 41.5 Å². The molecule has 0 saturated heterocycles. The van der Waals surface area contributed by atoms with E-state index >= 15 is 0 Å². The maximum atomic E-state index is 13.6. The molecule has 0 bridgehead atoms. The maximum Gasteiger partial charge on any atom is 0.182 e. The first-order valence-electron chi connectivity index (χ1n) is 4.85. The molecular weight excluding hydrogens is 223 g/mol. The van der Waals surface area contributed by atoms with Gasteiger partial charge >= 0.3 is 0 Å². The van der Waals surface area contributed by atoms with Crippen molar-refractivity contribution in [2.75, 3.05) is 7.11 Å². The Balaban J connectivity index is 2.21. The van der Waals surface area contributed by atoms with Crippen molar-refractivity contribution in [2.45, 2.75) is 6.54 Å². The summed E-state index contributed by atoms with van der Waals surface area (Å²) in [6.45, 7) is 0.227. The van der Waals surface area contributed by atoms with Crippen molar-refractivity contribution in [3.63, 3.8) is 0 Å². The Hall–Kier alpha value is -2.42. The Morgan fingerprint density at radius 2 is 2.35 bits per heavy atom. The molecule has 0 unspecified atom stereocenters. The van der Waals surface area contributed by atoms with Gasteiger partial charge in [0.15, 0.2) is 5.69 Å². The predicted molar refractivity (Wildman–Crippen MR) is 56.8 cm³/mol. The fraction of sp³-hybridized carbons (Fsp3) is 0.182. The summed E-state index contributed by atoms with van der Waals surface area (Å²) in [5.41, 5.74) is 0.666. The van der Waals surface area contributed by atoms with Crippen LogP contribution in [0.4, 0.5) is 4.39 Å². The van der Waals surface area contributed by atoms with Gasteiger partial charge < -0.3 is 4.74 Å². The summed E-state index contributed by atoms with van der Waals surface area (Å²) >= 11 is 0. The van der Waals surface area contributed by atoms with Crippen LogP contribution in [0.5, 0.6) is 5.75 Å². The summed E-state index contributed by atoms with van der Waals surface area (Å²) in [7, 11) is 1.48. The summed E-state index contributed by atoms with van der Waals surface area (Å²) in [5.74, 6) is 0.0842. The molecule has 2 aromatic rings. The van der Waals surface area contributed by atoms with Crippen LogP contribution in [0.3, 0.4) is 0 Å². The number of methoxy groups -OCH3 is 1. The highest BCUT2D eigenvalue weighted by molar-refractivity contribution is 5.29. The predicted octanol–water partition coefficient (Wildman–Crippen LogP) is 1.35. The van der Waals surface area contributed by atoms with E-state index in [1.165, 1.54) is 24.1 Å². The largest absolute Gasteiger partial charge is 0.497 e. The van der Waals surface area contributed by atoms with Crippen molar-refractivity contribution in [3.8, 4) is 11.8 Å². The molecule has 0 fully saturated rings. The molecule has 17 heavy (non-hydrogen) atoms. The third kappa shape index (κ3) is 2.39. The van der Waals surface area contributed by atoms with Crippen LogP contribution in [0.25, 0.3) is 0 Å². The standard InChI is InChI=1S/C11H9FN4O/c1-17-10-3-2-8(11(12)4-10)6-16-7-9(5-13)14-15-16/h2-4,7H,6H2,1H3. The molecule has 0 atom stereocenters. The molecule has 5 nitrogen and oxygen atoms in total. The molecule has 0 spiro atoms. The molecule has 0 radical (unpaired) electrons. The molecule has 0 aliphatic heterocycles. The number of halogens is 1. The Labute approximate surface area is 97.1 Å². The molecule has 1 aromatic carbocycles. The van der Waals surface area contributed by atoms with E-state index < -0.39 is 0 Å². The molecule has 1 aromatic heterocycles. The fourth-order valence-corrected chi connectivity index (χ4v) is 1.38. The monoisotopic (exact) mass is 232 g/mol. The molecule has 86 valence electrons. The van der Waals surface area contributed by atoms with Crippen molar-refractivity contribution in [2.24, 2.45) is 0 Å². The average molecular weight is 232 g/mol. The van der Waals surface area contributed by atoms with Crippen LogP contribution in [0, 0.1) is 17.1 Å². The third-order valence-corrected chi connectivity index (χ3v) is 2.25. The Kier molecular flexibility index (Phi) is 3.01. The second-order valence-electron chi connectivity index (χ2n) is 3.37. The average Bonchev–Trinajstić information content (AvgIpc) is 2.79. The highest BCUT2D eigenvalue weighted by atomic mass is 19.1. The van der Waals surface area contributed by atoms with E-state index in [-0.39, 0.29) is 18.1 Å². The van der Waals surface area contributed by atoms with Crippen molar-refractivity contribution < 1.29 is 9.13 Å². The van der Waals surface area contributed by atoms with E-state index in [2.05, 4.69) is 10.3 Å². The zero-order chi connectivity index (χ0) is 12.3. The molecule has 0 saturated carbocycles. The quantitative estimate of drug-likeness (QED) is 0.801. The first-order chi connectivity index (χ1) is 8.22. The van der Waals surface area contributed by atoms with Gasteiger partial charge in [0.25, 0.3) is 0 Å². The highest BCUT2D eigenvalue weighted by Gasteiger charge is 2.06. The van der Waals surface area contributed by atoms with Crippen LogP contribution < -0.4 is 4.74 Å². The van der Waals surface area contributed by atoms with Crippen LogP contribution >= 0.6 is 0 Å². The van der Waals surface area contributed by atoms with E-state index in [0.717, 1.165) is 0 Å². The minimum Gasteiger partial charge on any atom is -0.497 e. The van der Waals surface area contributed by atoms with Gasteiger partial charge in [-0.3, -0.25) is 0 Å². The van der Waals surface area contributed by atoms with Crippen LogP contribution in [0.15, 0.2) is 24.4 Å². The zero-order valence-electron chi connectivity index (χ0n) is 9.09. The first-order valence-corrected chi connectivity index (χ1v) is 4.85. The first kappa shape index (κ1) is 11.1. The van der Waals surface area contributed by atoms with Crippen LogP contribution in [-0.2, 0) is 6.54 Å². The second kappa shape index (κ2) is 4.61. The van der Waals surface area contributed by atoms with Gasteiger partial charge in [-0.15, -0.1) is 5.10 Å². The lowest BCUT2D eigenvalue weighted by atomic mass is 10.2. The summed E-state index contributed by atoms with van der Waals surface area (Å²) < 4.78 is 19.9. The molecule has 6 heteroatoms. The SMILES string of the molecule is COc1ccc(Cn2cc(C#N)nn2)c(F)c1. The fourth-order valence-electron chi connectivity index (χ4n) is 1.38. The lowest BCUT2D eigenvalue weighted by Gasteiger charge is -2.05. The third-order valence-electron chi connectivity index (χ3n) is 2.25. The van der Waals surface area contributed by atoms with Gasteiger partial charge in [0.1, 0.15) is 17.6 Å². The molecule has 1 heterocycles. The van der Waals surface area contributed by atoms with E-state index in [0.29, 0.717) is 11.3 Å². The van der Waals surface area contributed by atoms with E-state index in [1.807, 2.05) is 6.07 Å². The van der Waals surface area contributed by atoms with E-state index in [1.54, 1.807) is 12.1 Å². The lowest BCUT2D eigenvalue weighted by molar-refractivity contribution is 0.410. The van der Waals surface area contributed by atoms with Crippen molar-refractivity contribution >= 4 is 0 Å². The van der Waals surface area contributed by atoms with Gasteiger partial charge in [0.05, 0.1) is 19.9 Å². The summed E-state index contributed by atoms with van der Waals surface area (Å²) in [5, 5.41) is 15.9. The van der Waals surface area contributed by atoms with Gasteiger partial charge in [0.2, 0.25) is 0 Å². The second-order valence-corrected chi connectivity index (χ2v) is 3.37. The minimum atomic E-state index is -0.377. The molecule has 2 rings (SSSR count). The van der Waals surface area contributed by atoms with Gasteiger partial charge in [0, 0.05) is 11.6 Å². The molecule has 0 N–H and O–H groups in total. The van der Waals surface area contributed by atoms with Gasteiger partial charge in [-0.05, 0) is 6.07 Å². The van der Waals surface area contributed by atoms with Crippen LogP contribution in [0.2, 0.25) is 0 Å². The Morgan fingerprint density at radius 3 is 2.94 bits per heavy atom. The number of nitriles is 1. The number of ether oxygens (including phenoxy) is 1. The number of rotatable bonds is 3. The van der Waals surface area contributed by atoms with E-state index in [4.69, 9.17) is 10.00 Å². The highest BCUT2D eigenvalue weighted by Crippen LogP contribution is 2.16. The van der Waals surface area contributed by atoms with Gasteiger partial charge in [-0.2, -0.15) is 5.26 Å². The summed E-state index contributed by atoms with van der Waals surface area (Å²) in [6, 6.07) is 6.44. The number of hydrogen-bond acceptors (Lipinski definition) is 4. The van der Waals surface area contributed by atoms with Crippen LogP contribution in [-0.4, -0.2) is 22.1 Å². The summed E-state index contributed by atoms with van der Waals surface area (Å²) in [6.07, 6.45) is 1.46. The summed E-state index contributed by atoms with van der Waals surface area (Å²) in [4.78, 5) is 0. The van der Waals surface area contributed by atoms with Gasteiger partial charge in [-0.1, -0.05) is 11.3 Å². The smallest absolute Gasteiger partial charge is 0.182 e. The molecular formula is C11H9FN4O. The number of aromatic nitrogens is 3. The van der Waals surface area contributed by atoms with Crippen LogP contribution in [0.1, 0.15) is 11.3 Å². The molecule has 0 aliphatic carbocycles. The van der Waals surface area contributed by atoms with E-state index in [9.17, 15) is 4.39 Å². The normalized spacial score (nSPS) is 9.94. The molecule has 0 amide bonds. The topological polar surface area (TPSA) is 63.7 Å². The molecule has 0 aliphatic rings. The number of hydrogen-bond donors (Lipinski definition) is 0. The maximum absolute atomic E-state index is 13.6. The lowest BCUT2D eigenvalue weighted by Crippen LogP contribution is -2.03. The minimum absolute atomic E-state index is 0.207. The Morgan fingerprint density at radius 1 is 1.53 bits per heavy atom. The zero-order valence-corrected chi connectivity index (χ0v) is 9.09. The Bertz CT molecular complexity index is 573. The number of nitrogens with zero attached hydrogens (tertiary/aromatic N) is 4. The van der Waals surface area contributed by atoms with Gasteiger partial charge in [-0.25, -0.2) is 9.07 Å². The van der Waals surface area contributed by atoms with Crippen molar-refractivity contribution in [1.29, 1.82) is 5.26 Å².